The van der Waals surface area contributed by atoms with Crippen LogP contribution in [0.4, 0.5) is 0 Å². The molecule has 0 radical (unpaired) electrons. The zero-order chi connectivity index (χ0) is 14.5. The van der Waals surface area contributed by atoms with Crippen LogP contribution in [0.2, 0.25) is 0 Å². The van der Waals surface area contributed by atoms with Crippen LogP contribution in [-0.4, -0.2) is 103 Å². The van der Waals surface area contributed by atoms with Gasteiger partial charge in [-0.15, -0.1) is 23.2 Å². The second kappa shape index (κ2) is 8.16. The fourth-order valence-electron chi connectivity index (χ4n) is 2.96. The molecule has 4 atom stereocenters. The molecule has 2 saturated heterocycles. The Balaban J connectivity index is 2.08. The zero-order valence-corrected chi connectivity index (χ0v) is 14.3. The molecule has 2 aliphatic rings. The molecular formula is C14H28Cl2N4. The summed E-state index contributed by atoms with van der Waals surface area (Å²) in [7, 11) is 4.34. The van der Waals surface area contributed by atoms with Crippen molar-refractivity contribution < 1.29 is 0 Å². The first kappa shape index (κ1) is 16.8. The largest absolute Gasteiger partial charge is 0.305 e. The summed E-state index contributed by atoms with van der Waals surface area (Å²) in [6.45, 7) is 9.61. The maximum absolute atomic E-state index is 6.62. The van der Waals surface area contributed by atoms with Gasteiger partial charge < -0.3 is 14.7 Å². The minimum atomic E-state index is -0.0770. The number of rotatable bonds is 0. The molecule has 2 bridgehead atoms. The van der Waals surface area contributed by atoms with Crippen LogP contribution in [0.5, 0.6) is 0 Å². The van der Waals surface area contributed by atoms with E-state index in [4.69, 9.17) is 23.2 Å². The van der Waals surface area contributed by atoms with E-state index in [-0.39, 0.29) is 10.9 Å². The molecule has 0 amide bonds. The fourth-order valence-corrected chi connectivity index (χ4v) is 3.63. The Kier molecular flexibility index (Phi) is 6.85. The smallest absolute Gasteiger partial charge is 0.103 e. The minimum absolute atomic E-state index is 0.0125. The van der Waals surface area contributed by atoms with E-state index in [1.807, 2.05) is 0 Å². The highest BCUT2D eigenvalue weighted by molar-refractivity contribution is 6.29. The van der Waals surface area contributed by atoms with E-state index in [1.54, 1.807) is 0 Å². The Morgan fingerprint density at radius 2 is 1.40 bits per heavy atom. The van der Waals surface area contributed by atoms with Crippen LogP contribution in [0.15, 0.2) is 0 Å². The number of alkyl halides is 2. The van der Waals surface area contributed by atoms with Crippen LogP contribution >= 0.6 is 23.2 Å². The van der Waals surface area contributed by atoms with Crippen molar-refractivity contribution in [2.75, 3.05) is 73.0 Å². The lowest BCUT2D eigenvalue weighted by molar-refractivity contribution is 0.125. The third kappa shape index (κ3) is 5.00. The van der Waals surface area contributed by atoms with E-state index < -0.39 is 0 Å². The van der Waals surface area contributed by atoms with Crippen molar-refractivity contribution in [3.05, 3.63) is 0 Å². The van der Waals surface area contributed by atoms with Crippen LogP contribution in [-0.2, 0) is 0 Å². The molecule has 4 unspecified atom stereocenters. The highest BCUT2D eigenvalue weighted by atomic mass is 35.5. The number of nitrogens with zero attached hydrogens (tertiary/aromatic N) is 4. The number of hydrogen-bond acceptors (Lipinski definition) is 4. The Morgan fingerprint density at radius 1 is 0.750 bits per heavy atom. The molecule has 6 heteroatoms. The van der Waals surface area contributed by atoms with Gasteiger partial charge in [-0.3, -0.25) is 4.90 Å². The molecule has 2 aliphatic heterocycles. The number of likely N-dealkylation sites (N-methyl/N-ethyl adjacent to an activating group) is 2. The summed E-state index contributed by atoms with van der Waals surface area (Å²) in [5.74, 6) is 0. The van der Waals surface area contributed by atoms with Gasteiger partial charge in [0.1, 0.15) is 5.50 Å². The van der Waals surface area contributed by atoms with Crippen molar-refractivity contribution in [2.45, 2.75) is 17.3 Å². The molecule has 0 N–H and O–H groups in total. The van der Waals surface area contributed by atoms with E-state index in [1.165, 1.54) is 13.0 Å². The third-order valence-corrected chi connectivity index (χ3v) is 5.50. The highest BCUT2D eigenvalue weighted by Crippen LogP contribution is 2.18. The summed E-state index contributed by atoms with van der Waals surface area (Å²) in [5, 5.41) is -0.0125. The van der Waals surface area contributed by atoms with Crippen LogP contribution in [0.3, 0.4) is 0 Å². The molecule has 20 heavy (non-hydrogen) atoms. The van der Waals surface area contributed by atoms with E-state index >= 15 is 0 Å². The van der Waals surface area contributed by atoms with Crippen molar-refractivity contribution in [1.29, 1.82) is 0 Å². The minimum Gasteiger partial charge on any atom is -0.305 e. The lowest BCUT2D eigenvalue weighted by Crippen LogP contribution is -2.51. The zero-order valence-electron chi connectivity index (χ0n) is 12.8. The van der Waals surface area contributed by atoms with Crippen LogP contribution in [0, 0.1) is 0 Å². The molecule has 0 aromatic rings. The normalized spacial score (nSPS) is 39.6. The van der Waals surface area contributed by atoms with Gasteiger partial charge in [-0.1, -0.05) is 0 Å². The molecule has 2 heterocycles. The Hall–Kier alpha value is 0.420. The summed E-state index contributed by atoms with van der Waals surface area (Å²) < 4.78 is 0. The average Bonchev–Trinajstić information content (AvgIpc) is 2.42. The highest BCUT2D eigenvalue weighted by Gasteiger charge is 2.27. The second-order valence-corrected chi connectivity index (χ2v) is 7.19. The standard InChI is InChI=1S/C14H28Cl2N4/c1-17-4-3-5-19-8-6-18(2)12-13(15)14(16)20(10-7-17)11-9-19/h13-14H,3-12H2,1-2H3. The van der Waals surface area contributed by atoms with Crippen molar-refractivity contribution in [3.63, 3.8) is 0 Å². The van der Waals surface area contributed by atoms with Gasteiger partial charge in [0.2, 0.25) is 0 Å². The number of halogens is 2. The molecule has 2 rings (SSSR count). The van der Waals surface area contributed by atoms with Gasteiger partial charge >= 0.3 is 0 Å². The Bertz CT molecular complexity index is 292. The van der Waals surface area contributed by atoms with Gasteiger partial charge in [0.15, 0.2) is 0 Å². The first-order valence-electron chi connectivity index (χ1n) is 7.68. The Labute approximate surface area is 133 Å². The van der Waals surface area contributed by atoms with Gasteiger partial charge in [-0.25, -0.2) is 0 Å². The molecule has 0 aliphatic carbocycles. The number of fused-ring (bicyclic) bond motifs is 3. The van der Waals surface area contributed by atoms with Crippen molar-refractivity contribution in [1.82, 2.24) is 19.6 Å². The predicted octanol–water partition coefficient (Wildman–Crippen LogP) is 1.04. The number of hydrogen-bond donors (Lipinski definition) is 0. The first-order valence-corrected chi connectivity index (χ1v) is 8.55. The Morgan fingerprint density at radius 3 is 2.20 bits per heavy atom. The summed E-state index contributed by atoms with van der Waals surface area (Å²) in [5.41, 5.74) is -0.0770. The van der Waals surface area contributed by atoms with Gasteiger partial charge in [0, 0.05) is 45.8 Å². The van der Waals surface area contributed by atoms with Gasteiger partial charge in [0.25, 0.3) is 0 Å². The van der Waals surface area contributed by atoms with Crippen LogP contribution < -0.4 is 0 Å². The summed E-state index contributed by atoms with van der Waals surface area (Å²) in [6, 6.07) is 0. The lowest BCUT2D eigenvalue weighted by Gasteiger charge is -2.38. The first-order chi connectivity index (χ1) is 9.56. The molecule has 0 saturated carbocycles. The molecule has 0 aromatic heterocycles. The van der Waals surface area contributed by atoms with E-state index in [0.717, 1.165) is 52.4 Å². The van der Waals surface area contributed by atoms with E-state index in [9.17, 15) is 0 Å². The molecule has 4 nitrogen and oxygen atoms in total. The quantitative estimate of drug-likeness (QED) is 0.488. The fraction of sp³-hybridized carbons (Fsp3) is 1.00. The predicted molar refractivity (Wildman–Crippen MR) is 86.9 cm³/mol. The van der Waals surface area contributed by atoms with Crippen LogP contribution in [0.25, 0.3) is 0 Å². The van der Waals surface area contributed by atoms with Crippen molar-refractivity contribution >= 4 is 23.2 Å². The average molecular weight is 323 g/mol. The van der Waals surface area contributed by atoms with Crippen molar-refractivity contribution in [3.8, 4) is 0 Å². The second-order valence-electron chi connectivity index (χ2n) is 6.19. The van der Waals surface area contributed by atoms with E-state index in [0.29, 0.717) is 0 Å². The monoisotopic (exact) mass is 322 g/mol. The SMILES string of the molecule is CN1CCCN2CCN(C)CC(Cl)C(Cl)N(CC1)CC2. The van der Waals surface area contributed by atoms with Gasteiger partial charge in [0.05, 0.1) is 5.38 Å². The maximum Gasteiger partial charge on any atom is 0.103 e. The molecular weight excluding hydrogens is 295 g/mol. The summed E-state index contributed by atoms with van der Waals surface area (Å²) >= 11 is 13.1. The molecule has 2 fully saturated rings. The van der Waals surface area contributed by atoms with Gasteiger partial charge in [-0.05, 0) is 33.6 Å². The molecule has 0 aromatic carbocycles. The van der Waals surface area contributed by atoms with E-state index in [2.05, 4.69) is 33.7 Å². The van der Waals surface area contributed by atoms with Crippen molar-refractivity contribution in [2.24, 2.45) is 0 Å². The topological polar surface area (TPSA) is 13.0 Å². The third-order valence-electron chi connectivity index (χ3n) is 4.42. The summed E-state index contributed by atoms with van der Waals surface area (Å²) in [4.78, 5) is 9.64. The maximum atomic E-state index is 6.62. The van der Waals surface area contributed by atoms with Gasteiger partial charge in [-0.2, -0.15) is 0 Å². The lowest BCUT2D eigenvalue weighted by atomic mass is 10.2. The molecule has 118 valence electrons. The molecule has 0 spiro atoms. The van der Waals surface area contributed by atoms with Crippen LogP contribution in [0.1, 0.15) is 6.42 Å². The summed E-state index contributed by atoms with van der Waals surface area (Å²) in [6.07, 6.45) is 1.25.